The fourth-order valence-electron chi connectivity index (χ4n) is 4.01. The maximum Gasteiger partial charge on any atom is 0.399 e. The van der Waals surface area contributed by atoms with E-state index in [1.807, 2.05) is 23.0 Å². The summed E-state index contributed by atoms with van der Waals surface area (Å²) < 4.78 is 28.5. The molecule has 1 N–H and O–H groups in total. The zero-order valence-corrected chi connectivity index (χ0v) is 22.3. The average Bonchev–Trinajstić information content (AvgIpc) is 3.63. The molecule has 3 aromatic heterocycles. The van der Waals surface area contributed by atoms with Gasteiger partial charge < -0.3 is 15.2 Å². The van der Waals surface area contributed by atoms with E-state index in [4.69, 9.17) is 0 Å². The van der Waals surface area contributed by atoms with Gasteiger partial charge >= 0.3 is 5.82 Å². The first-order chi connectivity index (χ1) is 18.7. The summed E-state index contributed by atoms with van der Waals surface area (Å²) in [5, 5.41) is 34.0. The van der Waals surface area contributed by atoms with Crippen LogP contribution in [0.3, 0.4) is 0 Å². The SMILES string of the molecule is C[C@@H](O)c1cc(F)ccc1-c1ncccc1Cc1cn(CC2CC2)nc1C#N.O=[N+]([O-])c1ncc(Br)cc1F. The van der Waals surface area contributed by atoms with E-state index >= 15 is 0 Å². The van der Waals surface area contributed by atoms with Crippen LogP contribution in [0.2, 0.25) is 0 Å². The largest absolute Gasteiger partial charge is 0.399 e. The van der Waals surface area contributed by atoms with Crippen LogP contribution in [-0.2, 0) is 13.0 Å². The molecule has 5 rings (SSSR count). The van der Waals surface area contributed by atoms with Crippen molar-refractivity contribution >= 4 is 21.7 Å². The van der Waals surface area contributed by atoms with Crippen LogP contribution in [0.25, 0.3) is 11.3 Å². The Morgan fingerprint density at radius 1 is 1.26 bits per heavy atom. The molecule has 0 bridgehead atoms. The first-order valence-electron chi connectivity index (χ1n) is 12.0. The molecular weight excluding hydrogens is 574 g/mol. The van der Waals surface area contributed by atoms with Crippen LogP contribution in [0, 0.1) is 39.0 Å². The Morgan fingerprint density at radius 3 is 2.67 bits per heavy atom. The van der Waals surface area contributed by atoms with Crippen LogP contribution in [-0.4, -0.2) is 29.8 Å². The zero-order valence-electron chi connectivity index (χ0n) is 20.8. The first kappa shape index (κ1) is 27.9. The number of hydrogen-bond donors (Lipinski definition) is 1. The number of halogens is 3. The summed E-state index contributed by atoms with van der Waals surface area (Å²) in [4.78, 5) is 16.9. The second-order valence-electron chi connectivity index (χ2n) is 9.09. The van der Waals surface area contributed by atoms with Crippen molar-refractivity contribution in [1.29, 1.82) is 5.26 Å². The molecule has 0 aliphatic heterocycles. The minimum atomic E-state index is -0.940. The smallest absolute Gasteiger partial charge is 0.389 e. The normalized spacial score (nSPS) is 13.2. The van der Waals surface area contributed by atoms with E-state index in [0.717, 1.165) is 23.7 Å². The molecule has 12 heteroatoms. The summed E-state index contributed by atoms with van der Waals surface area (Å²) in [6, 6.07) is 11.3. The summed E-state index contributed by atoms with van der Waals surface area (Å²) in [6.45, 7) is 2.45. The summed E-state index contributed by atoms with van der Waals surface area (Å²) in [6.07, 6.45) is 6.89. The second-order valence-corrected chi connectivity index (χ2v) is 10.0. The summed E-state index contributed by atoms with van der Waals surface area (Å²) >= 11 is 2.92. The van der Waals surface area contributed by atoms with Gasteiger partial charge in [-0.2, -0.15) is 14.8 Å². The van der Waals surface area contributed by atoms with Gasteiger partial charge in [0.25, 0.3) is 0 Å². The Labute approximate surface area is 231 Å². The quantitative estimate of drug-likeness (QED) is 0.207. The highest BCUT2D eigenvalue weighted by Gasteiger charge is 2.23. The van der Waals surface area contributed by atoms with E-state index < -0.39 is 28.5 Å². The molecule has 9 nitrogen and oxygen atoms in total. The first-order valence-corrected chi connectivity index (χ1v) is 12.8. The monoisotopic (exact) mass is 596 g/mol. The molecule has 1 aliphatic carbocycles. The van der Waals surface area contributed by atoms with Gasteiger partial charge in [-0.3, -0.25) is 9.67 Å². The van der Waals surface area contributed by atoms with Gasteiger partial charge in [0.1, 0.15) is 11.9 Å². The van der Waals surface area contributed by atoms with E-state index in [1.165, 1.54) is 31.2 Å². The number of aliphatic hydroxyl groups excluding tert-OH is 1. The number of hydrogen-bond acceptors (Lipinski definition) is 7. The van der Waals surface area contributed by atoms with E-state index in [-0.39, 0.29) is 0 Å². The third kappa shape index (κ3) is 7.07. The number of benzene rings is 1. The highest BCUT2D eigenvalue weighted by Crippen LogP contribution is 2.32. The third-order valence-corrected chi connectivity index (χ3v) is 6.47. The Morgan fingerprint density at radius 2 is 2.03 bits per heavy atom. The number of aliphatic hydroxyl groups is 1. The van der Waals surface area contributed by atoms with Gasteiger partial charge in [0, 0.05) is 42.6 Å². The Hall–Kier alpha value is -4.08. The van der Waals surface area contributed by atoms with Crippen molar-refractivity contribution in [2.45, 2.75) is 38.8 Å². The van der Waals surface area contributed by atoms with Crippen molar-refractivity contribution in [3.63, 3.8) is 0 Å². The number of pyridine rings is 2. The van der Waals surface area contributed by atoms with Crippen LogP contribution in [0.15, 0.2) is 59.5 Å². The highest BCUT2D eigenvalue weighted by molar-refractivity contribution is 9.10. The van der Waals surface area contributed by atoms with Crippen molar-refractivity contribution in [2.24, 2.45) is 5.92 Å². The van der Waals surface area contributed by atoms with Gasteiger partial charge in [-0.25, -0.2) is 4.39 Å². The molecular formula is C27H23BrF2N6O3. The van der Waals surface area contributed by atoms with Crippen molar-refractivity contribution in [2.75, 3.05) is 0 Å². The lowest BCUT2D eigenvalue weighted by Crippen LogP contribution is -2.01. The topological polar surface area (TPSA) is 131 Å². The lowest BCUT2D eigenvalue weighted by Gasteiger charge is -2.14. The van der Waals surface area contributed by atoms with Crippen molar-refractivity contribution in [3.05, 3.63) is 104 Å². The molecule has 1 atom stereocenters. The van der Waals surface area contributed by atoms with Gasteiger partial charge in [-0.15, -0.1) is 0 Å². The Bertz CT molecular complexity index is 1550. The molecule has 0 radical (unpaired) electrons. The fraction of sp³-hybridized carbons (Fsp3) is 0.259. The number of rotatable bonds is 7. The van der Waals surface area contributed by atoms with Gasteiger partial charge in [0.2, 0.25) is 5.82 Å². The average molecular weight is 597 g/mol. The predicted molar refractivity (Wildman–Crippen MR) is 141 cm³/mol. The molecule has 1 fully saturated rings. The zero-order chi connectivity index (χ0) is 28.1. The minimum Gasteiger partial charge on any atom is -0.389 e. The number of nitrogens with zero attached hydrogens (tertiary/aromatic N) is 6. The van der Waals surface area contributed by atoms with Gasteiger partial charge in [-0.1, -0.05) is 6.07 Å². The van der Waals surface area contributed by atoms with Crippen molar-refractivity contribution in [1.82, 2.24) is 19.7 Å². The van der Waals surface area contributed by atoms with E-state index in [0.29, 0.717) is 39.3 Å². The molecule has 1 saturated carbocycles. The highest BCUT2D eigenvalue weighted by atomic mass is 79.9. The van der Waals surface area contributed by atoms with Crippen molar-refractivity contribution < 1.29 is 18.8 Å². The molecule has 4 aromatic rings. The minimum absolute atomic E-state index is 0.376. The van der Waals surface area contributed by atoms with Crippen LogP contribution in [0.5, 0.6) is 0 Å². The molecule has 3 heterocycles. The maximum atomic E-state index is 13.7. The van der Waals surface area contributed by atoms with E-state index in [9.17, 15) is 29.3 Å². The van der Waals surface area contributed by atoms with Crippen molar-refractivity contribution in [3.8, 4) is 17.3 Å². The van der Waals surface area contributed by atoms with E-state index in [2.05, 4.69) is 37.1 Å². The lowest BCUT2D eigenvalue weighted by atomic mass is 9.94. The van der Waals surface area contributed by atoms with Gasteiger partial charge in [0.15, 0.2) is 11.9 Å². The number of aromatic nitrogens is 4. The molecule has 1 aliphatic rings. The number of nitriles is 1. The third-order valence-electron chi connectivity index (χ3n) is 6.04. The molecule has 0 unspecified atom stereocenters. The lowest BCUT2D eigenvalue weighted by molar-refractivity contribution is -0.392. The molecule has 0 spiro atoms. The van der Waals surface area contributed by atoms with Crippen LogP contribution in [0.1, 0.15) is 48.3 Å². The van der Waals surface area contributed by atoms with Crippen LogP contribution in [0.4, 0.5) is 14.6 Å². The molecule has 1 aromatic carbocycles. The molecule has 39 heavy (non-hydrogen) atoms. The summed E-state index contributed by atoms with van der Waals surface area (Å²) in [5.74, 6) is -1.43. The molecule has 200 valence electrons. The van der Waals surface area contributed by atoms with Crippen LogP contribution < -0.4 is 0 Å². The molecule has 0 saturated heterocycles. The number of nitro groups is 1. The summed E-state index contributed by atoms with van der Waals surface area (Å²) in [7, 11) is 0. The van der Waals surface area contributed by atoms with Gasteiger partial charge in [-0.05, 0) is 86.9 Å². The second kappa shape index (κ2) is 12.2. The maximum absolute atomic E-state index is 13.7. The van der Waals surface area contributed by atoms with Gasteiger partial charge in [0.05, 0.1) is 16.3 Å². The van der Waals surface area contributed by atoms with Crippen LogP contribution >= 0.6 is 15.9 Å². The Kier molecular flexibility index (Phi) is 8.73. The summed E-state index contributed by atoms with van der Waals surface area (Å²) in [5.41, 5.74) is 4.03. The molecule has 0 amide bonds. The van der Waals surface area contributed by atoms with E-state index in [1.54, 1.807) is 19.2 Å². The standard InChI is InChI=1S/C22H21FN4O.C5H2BrFN2O2/c1-14(28)20-10-18(23)6-7-19(20)22-16(3-2-8-25-22)9-17-13-27(12-15-4-5-15)26-21(17)11-24;6-3-1-4(7)5(8-2-3)9(10)11/h2-3,6-8,10,13-15,28H,4-5,9,12H2,1H3;1-2H/t14-;/m1./s1. The predicted octanol–water partition coefficient (Wildman–Crippen LogP) is 5.90. The fourth-order valence-corrected chi connectivity index (χ4v) is 4.31. The Balaban J connectivity index is 0.000000270.